The van der Waals surface area contributed by atoms with Crippen molar-refractivity contribution in [1.82, 2.24) is 0 Å². The second kappa shape index (κ2) is 11.4. The number of benzene rings is 4. The Labute approximate surface area is 220 Å². The number of fused-ring (bicyclic) bond motifs is 1. The zero-order valence-corrected chi connectivity index (χ0v) is 20.7. The highest BCUT2D eigenvalue weighted by atomic mass is 35.5. The van der Waals surface area contributed by atoms with Crippen LogP contribution >= 0.6 is 11.6 Å². The summed E-state index contributed by atoms with van der Waals surface area (Å²) in [5.74, 6) is 0.701. The molecule has 0 spiro atoms. The Balaban J connectivity index is 1.55. The maximum Gasteiger partial charge on any atom is 0.416 e. The fraction of sp³-hybridized carbons (Fsp3) is 0.148. The molecule has 0 aromatic heterocycles. The highest BCUT2D eigenvalue weighted by Gasteiger charge is 2.33. The molecule has 0 saturated carbocycles. The number of alkyl halides is 3. The lowest BCUT2D eigenvalue weighted by molar-refractivity contribution is -0.384. The molecule has 0 heterocycles. The summed E-state index contributed by atoms with van der Waals surface area (Å²) in [5.41, 5.74) is 1.76. The molecule has 0 fully saturated rings. The Hall–Kier alpha value is -4.31. The fourth-order valence-corrected chi connectivity index (χ4v) is 4.04. The molecule has 0 amide bonds. The van der Waals surface area contributed by atoms with Crippen LogP contribution in [-0.4, -0.2) is 17.7 Å². The van der Waals surface area contributed by atoms with E-state index < -0.39 is 22.4 Å². The van der Waals surface area contributed by atoms with Crippen LogP contribution in [0.2, 0.25) is 5.02 Å². The Bertz CT molecular complexity index is 1500. The number of nitrogens with zero attached hydrogens (tertiary/aromatic N) is 2. The van der Waals surface area contributed by atoms with Crippen LogP contribution < -0.4 is 14.9 Å². The molecule has 7 nitrogen and oxygen atoms in total. The number of anilines is 1. The van der Waals surface area contributed by atoms with Gasteiger partial charge in [-0.05, 0) is 53.1 Å². The standard InChI is InChI=1S/C27H21ClF3N3O4/c1-2-37-25-13-17(15-32-33-23-11-10-20(27(29,30)31)14-24(23)34(35)36)12-22(28)26(25)38-16-19-8-5-7-18-6-3-4-9-21(18)19/h3-15,33H,2,16H2,1H3/b32-15-. The van der Waals surface area contributed by atoms with Gasteiger partial charge in [-0.2, -0.15) is 18.3 Å². The number of halogens is 4. The minimum atomic E-state index is -4.71. The molecule has 11 heteroatoms. The molecule has 0 atom stereocenters. The molecule has 0 aliphatic carbocycles. The second-order valence-electron chi connectivity index (χ2n) is 8.05. The third kappa shape index (κ3) is 6.15. The van der Waals surface area contributed by atoms with Crippen molar-refractivity contribution >= 4 is 40.0 Å². The molecule has 0 saturated heterocycles. The van der Waals surface area contributed by atoms with Crippen molar-refractivity contribution in [2.45, 2.75) is 19.7 Å². The van der Waals surface area contributed by atoms with E-state index in [1.165, 1.54) is 6.21 Å². The summed E-state index contributed by atoms with van der Waals surface area (Å²) in [6.07, 6.45) is -3.40. The number of hydrazone groups is 1. The van der Waals surface area contributed by atoms with Gasteiger partial charge in [0.2, 0.25) is 0 Å². The molecule has 0 unspecified atom stereocenters. The van der Waals surface area contributed by atoms with Crippen LogP contribution in [-0.2, 0) is 12.8 Å². The Kier molecular flexibility index (Phi) is 8.02. The average molecular weight is 544 g/mol. The highest BCUT2D eigenvalue weighted by Crippen LogP contribution is 2.38. The van der Waals surface area contributed by atoms with Gasteiger partial charge in [0, 0.05) is 6.07 Å². The topological polar surface area (TPSA) is 86.0 Å². The summed E-state index contributed by atoms with van der Waals surface area (Å²) in [7, 11) is 0. The summed E-state index contributed by atoms with van der Waals surface area (Å²) < 4.78 is 50.5. The van der Waals surface area contributed by atoms with Crippen molar-refractivity contribution in [3.63, 3.8) is 0 Å². The van der Waals surface area contributed by atoms with E-state index in [1.807, 2.05) is 42.5 Å². The number of nitro benzene ring substituents is 1. The maximum absolute atomic E-state index is 12.9. The monoisotopic (exact) mass is 543 g/mol. The van der Waals surface area contributed by atoms with Crippen molar-refractivity contribution in [1.29, 1.82) is 0 Å². The zero-order valence-electron chi connectivity index (χ0n) is 20.0. The molecule has 0 aliphatic heterocycles. The van der Waals surface area contributed by atoms with Crippen LogP contribution in [0, 0.1) is 10.1 Å². The van der Waals surface area contributed by atoms with E-state index in [2.05, 4.69) is 10.5 Å². The van der Waals surface area contributed by atoms with E-state index in [1.54, 1.807) is 19.1 Å². The van der Waals surface area contributed by atoms with Gasteiger partial charge in [-0.3, -0.25) is 15.5 Å². The summed E-state index contributed by atoms with van der Waals surface area (Å²) in [5, 5.41) is 17.6. The number of ether oxygens (including phenoxy) is 2. The number of nitro groups is 1. The largest absolute Gasteiger partial charge is 0.490 e. The van der Waals surface area contributed by atoms with Crippen LogP contribution in [0.1, 0.15) is 23.6 Å². The Morgan fingerprint density at radius 1 is 1.05 bits per heavy atom. The molecule has 196 valence electrons. The second-order valence-corrected chi connectivity index (χ2v) is 8.45. The van der Waals surface area contributed by atoms with E-state index in [0.717, 1.165) is 28.5 Å². The Morgan fingerprint density at radius 2 is 1.82 bits per heavy atom. The van der Waals surface area contributed by atoms with E-state index in [0.29, 0.717) is 29.7 Å². The van der Waals surface area contributed by atoms with Gasteiger partial charge in [0.1, 0.15) is 12.3 Å². The molecule has 4 rings (SSSR count). The molecule has 0 radical (unpaired) electrons. The van der Waals surface area contributed by atoms with Crippen molar-refractivity contribution in [2.24, 2.45) is 5.10 Å². The average Bonchev–Trinajstić information content (AvgIpc) is 2.88. The number of hydrogen-bond acceptors (Lipinski definition) is 6. The minimum absolute atomic E-state index is 0.203. The van der Waals surface area contributed by atoms with Crippen LogP contribution in [0.5, 0.6) is 11.5 Å². The van der Waals surface area contributed by atoms with Gasteiger partial charge in [-0.25, -0.2) is 0 Å². The summed E-state index contributed by atoms with van der Waals surface area (Å²) in [4.78, 5) is 10.4. The van der Waals surface area contributed by atoms with Gasteiger partial charge in [0.05, 0.1) is 28.3 Å². The number of rotatable bonds is 9. The lowest BCUT2D eigenvalue weighted by Crippen LogP contribution is -2.06. The molecule has 1 N–H and O–H groups in total. The van der Waals surface area contributed by atoms with Gasteiger partial charge in [0.25, 0.3) is 5.69 Å². The van der Waals surface area contributed by atoms with Crippen LogP contribution in [0.4, 0.5) is 24.5 Å². The minimum Gasteiger partial charge on any atom is -0.490 e. The summed E-state index contributed by atoms with van der Waals surface area (Å²) >= 11 is 6.49. The predicted molar refractivity (Wildman–Crippen MR) is 140 cm³/mol. The van der Waals surface area contributed by atoms with Crippen LogP contribution in [0.3, 0.4) is 0 Å². The molecule has 38 heavy (non-hydrogen) atoms. The predicted octanol–water partition coefficient (Wildman–Crippen LogP) is 7.84. The molecular formula is C27H21ClF3N3O4. The number of hydrogen-bond donors (Lipinski definition) is 1. The van der Waals surface area contributed by atoms with Crippen LogP contribution in [0.25, 0.3) is 10.8 Å². The first-order valence-corrected chi connectivity index (χ1v) is 11.8. The van der Waals surface area contributed by atoms with Gasteiger partial charge in [0.15, 0.2) is 11.5 Å². The van der Waals surface area contributed by atoms with Crippen molar-refractivity contribution in [2.75, 3.05) is 12.0 Å². The molecule has 0 aliphatic rings. The lowest BCUT2D eigenvalue weighted by atomic mass is 10.1. The zero-order chi connectivity index (χ0) is 27.3. The first kappa shape index (κ1) is 26.7. The number of nitrogens with one attached hydrogen (secondary N) is 1. The van der Waals surface area contributed by atoms with Crippen LogP contribution in [0.15, 0.2) is 77.9 Å². The molecular weight excluding hydrogens is 523 g/mol. The van der Waals surface area contributed by atoms with Gasteiger partial charge >= 0.3 is 6.18 Å². The summed E-state index contributed by atoms with van der Waals surface area (Å²) in [6, 6.07) is 19.2. The van der Waals surface area contributed by atoms with Gasteiger partial charge in [-0.15, -0.1) is 0 Å². The third-order valence-electron chi connectivity index (χ3n) is 5.50. The van der Waals surface area contributed by atoms with Crippen molar-refractivity contribution in [3.05, 3.63) is 105 Å². The first-order valence-electron chi connectivity index (χ1n) is 11.4. The smallest absolute Gasteiger partial charge is 0.416 e. The quantitative estimate of drug-likeness (QED) is 0.132. The lowest BCUT2D eigenvalue weighted by Gasteiger charge is -2.15. The summed E-state index contributed by atoms with van der Waals surface area (Å²) in [6.45, 7) is 2.37. The molecule has 4 aromatic carbocycles. The Morgan fingerprint density at radius 3 is 2.55 bits per heavy atom. The first-order chi connectivity index (χ1) is 18.2. The maximum atomic E-state index is 12.9. The van der Waals surface area contributed by atoms with E-state index in [9.17, 15) is 23.3 Å². The van der Waals surface area contributed by atoms with Gasteiger partial charge in [-0.1, -0.05) is 54.1 Å². The highest BCUT2D eigenvalue weighted by molar-refractivity contribution is 6.32. The fourth-order valence-electron chi connectivity index (χ4n) is 3.76. The third-order valence-corrected chi connectivity index (χ3v) is 5.78. The van der Waals surface area contributed by atoms with E-state index >= 15 is 0 Å². The molecule has 4 aromatic rings. The SMILES string of the molecule is CCOc1cc(/C=N\Nc2ccc(C(F)(F)F)cc2[N+](=O)[O-])cc(Cl)c1OCc1cccc2ccccc12. The van der Waals surface area contributed by atoms with Crippen molar-refractivity contribution in [3.8, 4) is 11.5 Å². The van der Waals surface area contributed by atoms with E-state index in [-0.39, 0.29) is 17.3 Å². The normalized spacial score (nSPS) is 11.6. The molecule has 0 bridgehead atoms. The van der Waals surface area contributed by atoms with Crippen molar-refractivity contribution < 1.29 is 27.6 Å². The van der Waals surface area contributed by atoms with Gasteiger partial charge < -0.3 is 9.47 Å². The van der Waals surface area contributed by atoms with E-state index in [4.69, 9.17) is 21.1 Å².